The molecular formula is C16H21ClFN3OS. The highest BCUT2D eigenvalue weighted by atomic mass is 35.5. The van der Waals surface area contributed by atoms with Crippen molar-refractivity contribution in [1.29, 1.82) is 0 Å². The first-order chi connectivity index (χ1) is 10.9. The number of carbonyl (C=O) groups is 1. The van der Waals surface area contributed by atoms with E-state index in [2.05, 4.69) is 30.0 Å². The molecule has 3 atom stereocenters. The van der Waals surface area contributed by atoms with E-state index in [9.17, 15) is 9.18 Å². The first kappa shape index (κ1) is 17.9. The Hall–Kier alpha value is -1.40. The molecule has 23 heavy (non-hydrogen) atoms. The molecule has 1 aliphatic rings. The molecule has 0 spiro atoms. The average Bonchev–Trinajstić information content (AvgIpc) is 2.49. The summed E-state index contributed by atoms with van der Waals surface area (Å²) in [5.74, 6) is -0.131. The summed E-state index contributed by atoms with van der Waals surface area (Å²) in [5.41, 5.74) is 4.93. The van der Waals surface area contributed by atoms with Crippen LogP contribution in [-0.2, 0) is 0 Å². The van der Waals surface area contributed by atoms with Crippen LogP contribution in [0.4, 0.5) is 4.39 Å². The van der Waals surface area contributed by atoms with E-state index in [-0.39, 0.29) is 16.6 Å². The van der Waals surface area contributed by atoms with Crippen LogP contribution in [0.25, 0.3) is 0 Å². The number of halogens is 2. The molecule has 0 aliphatic heterocycles. The van der Waals surface area contributed by atoms with Gasteiger partial charge in [-0.25, -0.2) is 4.39 Å². The van der Waals surface area contributed by atoms with Crippen LogP contribution < -0.4 is 16.2 Å². The highest BCUT2D eigenvalue weighted by Gasteiger charge is 2.27. The summed E-state index contributed by atoms with van der Waals surface area (Å²) in [5, 5.41) is 3.79. The Bertz CT molecular complexity index is 599. The zero-order valence-corrected chi connectivity index (χ0v) is 14.7. The molecule has 0 bridgehead atoms. The van der Waals surface area contributed by atoms with E-state index in [1.54, 1.807) is 0 Å². The van der Waals surface area contributed by atoms with Gasteiger partial charge in [-0.15, -0.1) is 0 Å². The van der Waals surface area contributed by atoms with Crippen molar-refractivity contribution >= 4 is 34.8 Å². The summed E-state index contributed by atoms with van der Waals surface area (Å²) in [6.45, 7) is 4.44. The van der Waals surface area contributed by atoms with Gasteiger partial charge in [0, 0.05) is 11.1 Å². The van der Waals surface area contributed by atoms with Gasteiger partial charge < -0.3 is 5.32 Å². The third-order valence-electron chi connectivity index (χ3n) is 4.49. The van der Waals surface area contributed by atoms with Crippen LogP contribution in [0, 0.1) is 17.7 Å². The number of hydrogen-bond donors (Lipinski definition) is 3. The zero-order valence-electron chi connectivity index (χ0n) is 13.2. The molecule has 1 aromatic carbocycles. The van der Waals surface area contributed by atoms with E-state index < -0.39 is 11.7 Å². The minimum absolute atomic E-state index is 0.0932. The molecule has 4 nitrogen and oxygen atoms in total. The molecule has 126 valence electrons. The number of thiocarbonyl (C=S) groups is 1. The Kier molecular flexibility index (Phi) is 6.18. The number of rotatable bonds is 2. The molecule has 1 aliphatic carbocycles. The van der Waals surface area contributed by atoms with Crippen LogP contribution >= 0.6 is 23.8 Å². The molecule has 7 heteroatoms. The molecular weight excluding hydrogens is 337 g/mol. The zero-order chi connectivity index (χ0) is 17.0. The topological polar surface area (TPSA) is 53.2 Å². The molecule has 1 fully saturated rings. The van der Waals surface area contributed by atoms with Crippen molar-refractivity contribution in [1.82, 2.24) is 16.2 Å². The lowest BCUT2D eigenvalue weighted by Gasteiger charge is -2.35. The third-order valence-corrected chi connectivity index (χ3v) is 4.94. The molecule has 3 N–H and O–H groups in total. The number of carbonyl (C=O) groups excluding carboxylic acids is 1. The van der Waals surface area contributed by atoms with Crippen LogP contribution in [-0.4, -0.2) is 17.1 Å². The van der Waals surface area contributed by atoms with Crippen molar-refractivity contribution in [2.75, 3.05) is 0 Å². The maximum Gasteiger partial charge on any atom is 0.272 e. The van der Waals surface area contributed by atoms with E-state index in [0.29, 0.717) is 16.9 Å². The molecule has 0 heterocycles. The number of hydrogen-bond acceptors (Lipinski definition) is 2. The fourth-order valence-electron chi connectivity index (χ4n) is 2.84. The number of amides is 1. The first-order valence-electron chi connectivity index (χ1n) is 7.70. The Balaban J connectivity index is 1.85. The molecule has 1 amide bonds. The predicted molar refractivity (Wildman–Crippen MR) is 93.7 cm³/mol. The second kappa shape index (κ2) is 7.93. The van der Waals surface area contributed by atoms with Gasteiger partial charge in [0.05, 0.1) is 5.56 Å². The van der Waals surface area contributed by atoms with Crippen LogP contribution in [0.1, 0.15) is 43.5 Å². The lowest BCUT2D eigenvalue weighted by Crippen LogP contribution is -2.52. The van der Waals surface area contributed by atoms with Gasteiger partial charge in [0.2, 0.25) is 0 Å². The lowest BCUT2D eigenvalue weighted by molar-refractivity contribution is 0.0939. The molecule has 0 radical (unpaired) electrons. The lowest BCUT2D eigenvalue weighted by atomic mass is 9.78. The highest BCUT2D eigenvalue weighted by Crippen LogP contribution is 2.29. The fraction of sp³-hybridized carbons (Fsp3) is 0.500. The van der Waals surface area contributed by atoms with Gasteiger partial charge in [-0.2, -0.15) is 0 Å². The van der Waals surface area contributed by atoms with E-state index in [1.807, 2.05) is 0 Å². The van der Waals surface area contributed by atoms with Gasteiger partial charge in [0.15, 0.2) is 5.11 Å². The number of nitrogens with one attached hydrogen (secondary N) is 3. The normalized spacial score (nSPS) is 23.9. The van der Waals surface area contributed by atoms with Gasteiger partial charge in [-0.05, 0) is 48.7 Å². The molecule has 0 unspecified atom stereocenters. The van der Waals surface area contributed by atoms with Gasteiger partial charge in [0.25, 0.3) is 5.91 Å². The van der Waals surface area contributed by atoms with Crippen LogP contribution in [0.5, 0.6) is 0 Å². The number of benzene rings is 1. The van der Waals surface area contributed by atoms with Gasteiger partial charge >= 0.3 is 0 Å². The van der Waals surface area contributed by atoms with E-state index >= 15 is 0 Å². The second-order valence-corrected chi connectivity index (χ2v) is 6.90. The maximum atomic E-state index is 13.7. The summed E-state index contributed by atoms with van der Waals surface area (Å²) in [7, 11) is 0. The van der Waals surface area contributed by atoms with Crippen LogP contribution in [0.2, 0.25) is 5.02 Å². The highest BCUT2D eigenvalue weighted by molar-refractivity contribution is 7.80. The molecule has 0 saturated heterocycles. The average molecular weight is 358 g/mol. The Labute approximate surface area is 146 Å². The summed E-state index contributed by atoms with van der Waals surface area (Å²) in [6, 6.07) is 4.16. The van der Waals surface area contributed by atoms with Crippen molar-refractivity contribution in [2.45, 2.75) is 39.2 Å². The quantitative estimate of drug-likeness (QED) is 0.561. The van der Waals surface area contributed by atoms with Crippen molar-refractivity contribution in [2.24, 2.45) is 11.8 Å². The monoisotopic (exact) mass is 357 g/mol. The van der Waals surface area contributed by atoms with Crippen molar-refractivity contribution in [3.63, 3.8) is 0 Å². The van der Waals surface area contributed by atoms with E-state index in [1.165, 1.54) is 18.6 Å². The molecule has 0 aromatic heterocycles. The Morgan fingerprint density at radius 3 is 2.74 bits per heavy atom. The van der Waals surface area contributed by atoms with Crippen LogP contribution in [0.15, 0.2) is 18.2 Å². The molecule has 1 aromatic rings. The minimum atomic E-state index is -0.676. The minimum Gasteiger partial charge on any atom is -0.358 e. The summed E-state index contributed by atoms with van der Waals surface area (Å²) < 4.78 is 13.7. The Morgan fingerprint density at radius 1 is 1.30 bits per heavy atom. The maximum absolute atomic E-state index is 13.7. The summed E-state index contributed by atoms with van der Waals surface area (Å²) in [6.07, 6.45) is 3.44. The first-order valence-corrected chi connectivity index (χ1v) is 8.49. The Morgan fingerprint density at radius 2 is 2.04 bits per heavy atom. The third kappa shape index (κ3) is 4.78. The second-order valence-electron chi connectivity index (χ2n) is 6.05. The predicted octanol–water partition coefficient (Wildman–Crippen LogP) is 3.41. The van der Waals surface area contributed by atoms with E-state index in [4.69, 9.17) is 23.8 Å². The summed E-state index contributed by atoms with van der Waals surface area (Å²) >= 11 is 10.9. The molecule has 2 rings (SSSR count). The summed E-state index contributed by atoms with van der Waals surface area (Å²) in [4.78, 5) is 11.9. The van der Waals surface area contributed by atoms with Crippen molar-refractivity contribution < 1.29 is 9.18 Å². The smallest absolute Gasteiger partial charge is 0.272 e. The van der Waals surface area contributed by atoms with Gasteiger partial charge in [-0.1, -0.05) is 38.3 Å². The molecule has 1 saturated carbocycles. The van der Waals surface area contributed by atoms with Crippen LogP contribution in [0.3, 0.4) is 0 Å². The fourth-order valence-corrected chi connectivity index (χ4v) is 3.21. The largest absolute Gasteiger partial charge is 0.358 e. The number of hydrazine groups is 1. The van der Waals surface area contributed by atoms with Crippen molar-refractivity contribution in [3.8, 4) is 0 Å². The van der Waals surface area contributed by atoms with E-state index in [0.717, 1.165) is 18.9 Å². The van der Waals surface area contributed by atoms with Gasteiger partial charge in [-0.3, -0.25) is 15.6 Å². The SMILES string of the molecule is C[C@@H]1[C@@H](C)CCC[C@H]1NC(=S)NNC(=O)c1ccc(Cl)cc1F. The standard InChI is InChI=1S/C16H21ClFN3OS/c1-9-4-3-5-14(10(9)2)19-16(23)21-20-15(22)12-7-6-11(17)8-13(12)18/h6-10,14H,3-5H2,1-2H3,(H,20,22)(H2,19,21,23)/t9-,10+,14+/m0/s1. The van der Waals surface area contributed by atoms with Gasteiger partial charge in [0.1, 0.15) is 5.82 Å². The van der Waals surface area contributed by atoms with Crippen molar-refractivity contribution in [3.05, 3.63) is 34.6 Å².